The number of hydrogen-bond donors (Lipinski definition) is 1. The van der Waals surface area contributed by atoms with E-state index in [1.165, 1.54) is 0 Å². The first-order valence-corrected chi connectivity index (χ1v) is 6.94. The van der Waals surface area contributed by atoms with Crippen LogP contribution in [-0.4, -0.2) is 35.0 Å². The van der Waals surface area contributed by atoms with Crippen LogP contribution in [0.1, 0.15) is 40.0 Å². The monoisotopic (exact) mass is 265 g/mol. The van der Waals surface area contributed by atoms with Crippen molar-refractivity contribution in [3.05, 3.63) is 12.2 Å². The van der Waals surface area contributed by atoms with E-state index < -0.39 is 5.97 Å². The Kier molecular flexibility index (Phi) is 3.45. The van der Waals surface area contributed by atoms with E-state index in [0.717, 1.165) is 19.3 Å². The van der Waals surface area contributed by atoms with Gasteiger partial charge in [-0.25, -0.2) is 0 Å². The molecule has 0 radical (unpaired) electrons. The number of aliphatic carboxylic acids is 1. The van der Waals surface area contributed by atoms with Crippen molar-refractivity contribution < 1.29 is 14.7 Å². The minimum atomic E-state index is -0.674. The molecule has 1 atom stereocenters. The molecule has 1 amide bonds. The predicted molar refractivity (Wildman–Crippen MR) is 72.6 cm³/mol. The van der Waals surface area contributed by atoms with Gasteiger partial charge in [0.25, 0.3) is 0 Å². The molecule has 1 saturated carbocycles. The molecule has 1 saturated heterocycles. The highest BCUT2D eigenvalue weighted by molar-refractivity contribution is 5.87. The van der Waals surface area contributed by atoms with Crippen molar-refractivity contribution in [3.8, 4) is 0 Å². The largest absolute Gasteiger partial charge is 0.481 e. The molecule has 1 heterocycles. The number of amides is 1. The molecule has 1 aliphatic heterocycles. The summed E-state index contributed by atoms with van der Waals surface area (Å²) in [5.74, 6) is -0.792. The van der Waals surface area contributed by atoms with Crippen molar-refractivity contribution in [2.75, 3.05) is 13.1 Å². The van der Waals surface area contributed by atoms with Crippen LogP contribution in [0.3, 0.4) is 0 Å². The number of carboxylic acid groups (broad SMARTS) is 1. The van der Waals surface area contributed by atoms with Crippen molar-refractivity contribution in [3.63, 3.8) is 0 Å². The van der Waals surface area contributed by atoms with E-state index >= 15 is 0 Å². The van der Waals surface area contributed by atoms with Crippen LogP contribution in [0.5, 0.6) is 0 Å². The third-order valence-electron chi connectivity index (χ3n) is 4.28. The molecule has 1 spiro atoms. The summed E-state index contributed by atoms with van der Waals surface area (Å²) >= 11 is 0. The molecule has 1 aliphatic carbocycles. The normalized spacial score (nSPS) is 25.8. The Bertz CT molecular complexity index is 412. The highest BCUT2D eigenvalue weighted by Gasteiger charge is 2.59. The van der Waals surface area contributed by atoms with Crippen LogP contribution in [0, 0.1) is 16.7 Å². The molecule has 0 aromatic heterocycles. The molecule has 1 unspecified atom stereocenters. The maximum Gasteiger partial charge on any atom is 0.307 e. The lowest BCUT2D eigenvalue weighted by atomic mass is 9.90. The summed E-state index contributed by atoms with van der Waals surface area (Å²) in [4.78, 5) is 24.8. The van der Waals surface area contributed by atoms with Gasteiger partial charge >= 0.3 is 5.97 Å². The first-order chi connectivity index (χ1) is 8.73. The van der Waals surface area contributed by atoms with Crippen LogP contribution in [0.25, 0.3) is 0 Å². The summed E-state index contributed by atoms with van der Waals surface area (Å²) in [7, 11) is 0. The number of carboxylic acids is 1. The zero-order chi connectivity index (χ0) is 14.3. The summed E-state index contributed by atoms with van der Waals surface area (Å²) in [5.41, 5.74) is 0.00786. The quantitative estimate of drug-likeness (QED) is 0.779. The number of likely N-dealkylation sites (tertiary alicyclic amines) is 1. The van der Waals surface area contributed by atoms with Crippen LogP contribution >= 0.6 is 0 Å². The van der Waals surface area contributed by atoms with Crippen molar-refractivity contribution in [2.24, 2.45) is 16.7 Å². The summed E-state index contributed by atoms with van der Waals surface area (Å²) in [6.07, 6.45) is 6.04. The number of carbonyl (C=O) groups is 2. The van der Waals surface area contributed by atoms with Crippen molar-refractivity contribution in [1.29, 1.82) is 0 Å². The van der Waals surface area contributed by atoms with Gasteiger partial charge in [-0.05, 0) is 36.2 Å². The fourth-order valence-electron chi connectivity index (χ4n) is 2.85. The molecule has 1 N–H and O–H groups in total. The van der Waals surface area contributed by atoms with Crippen LogP contribution in [0.4, 0.5) is 0 Å². The van der Waals surface area contributed by atoms with Gasteiger partial charge in [-0.1, -0.05) is 26.8 Å². The van der Waals surface area contributed by atoms with Crippen LogP contribution in [0.15, 0.2) is 12.2 Å². The van der Waals surface area contributed by atoms with Gasteiger partial charge < -0.3 is 10.0 Å². The van der Waals surface area contributed by atoms with E-state index in [1.54, 1.807) is 6.08 Å². The number of allylic oxidation sites excluding steroid dienone is 1. The molecule has 19 heavy (non-hydrogen) atoms. The first kappa shape index (κ1) is 14.1. The SMILES string of the molecule is CC(C)(C)/C=C/C(=O)N1CCC2(CC1)CC2C(=O)O. The third kappa shape index (κ3) is 3.17. The maximum atomic E-state index is 12.0. The summed E-state index contributed by atoms with van der Waals surface area (Å²) in [6, 6.07) is 0. The van der Waals surface area contributed by atoms with E-state index in [-0.39, 0.29) is 22.7 Å². The standard InChI is InChI=1S/C15H23NO3/c1-14(2,3)5-4-12(17)16-8-6-15(7-9-16)10-11(15)13(18)19/h4-5,11H,6-10H2,1-3H3,(H,18,19)/b5-4+. The Morgan fingerprint density at radius 1 is 1.26 bits per heavy atom. The number of hydrogen-bond acceptors (Lipinski definition) is 2. The number of carbonyl (C=O) groups excluding carboxylic acids is 1. The molecule has 106 valence electrons. The van der Waals surface area contributed by atoms with Crippen molar-refractivity contribution >= 4 is 11.9 Å². The average molecular weight is 265 g/mol. The maximum absolute atomic E-state index is 12.0. The molecule has 0 bridgehead atoms. The first-order valence-electron chi connectivity index (χ1n) is 6.94. The second kappa shape index (κ2) is 4.66. The van der Waals surface area contributed by atoms with Gasteiger partial charge in [-0.2, -0.15) is 0 Å². The summed E-state index contributed by atoms with van der Waals surface area (Å²) in [5, 5.41) is 9.03. The second-order valence-electron chi connectivity index (χ2n) is 6.98. The van der Waals surface area contributed by atoms with E-state index in [1.807, 2.05) is 11.0 Å². The van der Waals surface area contributed by atoms with Gasteiger partial charge in [0.2, 0.25) is 5.91 Å². The minimum absolute atomic E-state index is 0.00362. The Hall–Kier alpha value is -1.32. The minimum Gasteiger partial charge on any atom is -0.481 e. The van der Waals surface area contributed by atoms with E-state index in [2.05, 4.69) is 20.8 Å². The average Bonchev–Trinajstić information content (AvgIpc) is 3.01. The van der Waals surface area contributed by atoms with Gasteiger partial charge in [-0.3, -0.25) is 9.59 Å². The molecule has 0 aromatic rings. The van der Waals surface area contributed by atoms with Crippen molar-refractivity contribution in [1.82, 2.24) is 4.90 Å². The van der Waals surface area contributed by atoms with E-state index in [9.17, 15) is 9.59 Å². The topological polar surface area (TPSA) is 57.6 Å². The Balaban J connectivity index is 1.86. The lowest BCUT2D eigenvalue weighted by Gasteiger charge is -2.32. The van der Waals surface area contributed by atoms with Crippen LogP contribution < -0.4 is 0 Å². The van der Waals surface area contributed by atoms with Crippen LogP contribution in [0.2, 0.25) is 0 Å². The second-order valence-corrected chi connectivity index (χ2v) is 6.98. The van der Waals surface area contributed by atoms with Gasteiger partial charge in [0.15, 0.2) is 0 Å². The van der Waals surface area contributed by atoms with Gasteiger partial charge in [-0.15, -0.1) is 0 Å². The number of rotatable bonds is 2. The molecular weight excluding hydrogens is 242 g/mol. The Labute approximate surface area is 114 Å². The molecule has 4 heteroatoms. The summed E-state index contributed by atoms with van der Waals surface area (Å²) in [6.45, 7) is 7.56. The third-order valence-corrected chi connectivity index (χ3v) is 4.28. The highest BCUT2D eigenvalue weighted by Crippen LogP contribution is 2.59. The van der Waals surface area contributed by atoms with Crippen molar-refractivity contribution in [2.45, 2.75) is 40.0 Å². The Morgan fingerprint density at radius 3 is 2.26 bits per heavy atom. The zero-order valence-corrected chi connectivity index (χ0v) is 12.0. The predicted octanol–water partition coefficient (Wildman–Crippen LogP) is 2.30. The molecule has 2 aliphatic rings. The molecular formula is C15H23NO3. The van der Waals surface area contributed by atoms with E-state index in [4.69, 9.17) is 5.11 Å². The fourth-order valence-corrected chi connectivity index (χ4v) is 2.85. The highest BCUT2D eigenvalue weighted by atomic mass is 16.4. The molecule has 2 fully saturated rings. The lowest BCUT2D eigenvalue weighted by Crippen LogP contribution is -2.39. The molecule has 4 nitrogen and oxygen atoms in total. The van der Waals surface area contributed by atoms with Crippen LogP contribution in [-0.2, 0) is 9.59 Å². The Morgan fingerprint density at radius 2 is 1.84 bits per heavy atom. The number of nitrogens with zero attached hydrogens (tertiary/aromatic N) is 1. The lowest BCUT2D eigenvalue weighted by molar-refractivity contribution is -0.139. The molecule has 2 rings (SSSR count). The summed E-state index contributed by atoms with van der Waals surface area (Å²) < 4.78 is 0. The van der Waals surface area contributed by atoms with Gasteiger partial charge in [0.1, 0.15) is 0 Å². The smallest absolute Gasteiger partial charge is 0.307 e. The van der Waals surface area contributed by atoms with Gasteiger partial charge in [0.05, 0.1) is 5.92 Å². The number of piperidine rings is 1. The van der Waals surface area contributed by atoms with Gasteiger partial charge in [0, 0.05) is 13.1 Å². The fraction of sp³-hybridized carbons (Fsp3) is 0.733. The zero-order valence-electron chi connectivity index (χ0n) is 12.0. The molecule has 0 aromatic carbocycles. The van der Waals surface area contributed by atoms with E-state index in [0.29, 0.717) is 13.1 Å².